The van der Waals surface area contributed by atoms with Crippen LogP contribution in [0.4, 0.5) is 0 Å². The third-order valence-corrected chi connectivity index (χ3v) is 2.47. The van der Waals surface area contributed by atoms with Crippen molar-refractivity contribution in [1.82, 2.24) is 4.57 Å². The van der Waals surface area contributed by atoms with Crippen molar-refractivity contribution in [3.8, 4) is 5.75 Å². The van der Waals surface area contributed by atoms with E-state index in [1.54, 1.807) is 24.8 Å². The summed E-state index contributed by atoms with van der Waals surface area (Å²) in [5, 5.41) is 9.84. The predicted octanol–water partition coefficient (Wildman–Crippen LogP) is 1.89. The summed E-state index contributed by atoms with van der Waals surface area (Å²) in [5.74, 6) is -0.201. The van der Waals surface area contributed by atoms with Crippen LogP contribution in [0.2, 0.25) is 0 Å². The molecule has 1 aromatic heterocycles. The minimum Gasteiger partial charge on any atom is -0.497 e. The van der Waals surface area contributed by atoms with E-state index in [-0.39, 0.29) is 5.69 Å². The lowest BCUT2D eigenvalue weighted by molar-refractivity contribution is 0.0687. The van der Waals surface area contributed by atoms with Crippen molar-refractivity contribution >= 4 is 16.9 Å². The zero-order valence-electron chi connectivity index (χ0n) is 8.52. The molecular weight excluding hydrogens is 194 g/mol. The molecule has 2 rings (SSSR count). The number of ether oxygens (including phenoxy) is 1. The standard InChI is InChI=1S/C11H11NO3/c1-12-9-6-8(15-2)4-3-7(9)5-10(12)11(13)14/h3-6H,1-2H3,(H,13,14). The summed E-state index contributed by atoms with van der Waals surface area (Å²) in [4.78, 5) is 10.9. The predicted molar refractivity (Wildman–Crippen MR) is 56.4 cm³/mol. The number of carboxylic acid groups (broad SMARTS) is 1. The van der Waals surface area contributed by atoms with Crippen molar-refractivity contribution in [3.63, 3.8) is 0 Å². The molecule has 0 fully saturated rings. The van der Waals surface area contributed by atoms with Gasteiger partial charge in [-0.3, -0.25) is 0 Å². The summed E-state index contributed by atoms with van der Waals surface area (Å²) in [5.41, 5.74) is 1.13. The Bertz CT molecular complexity index is 528. The Balaban J connectivity index is 2.72. The van der Waals surface area contributed by atoms with Crippen molar-refractivity contribution < 1.29 is 14.6 Å². The van der Waals surface area contributed by atoms with Crippen molar-refractivity contribution in [2.75, 3.05) is 7.11 Å². The lowest BCUT2D eigenvalue weighted by Crippen LogP contribution is -2.03. The molecule has 2 aromatic rings. The van der Waals surface area contributed by atoms with Gasteiger partial charge in [-0.1, -0.05) is 0 Å². The lowest BCUT2D eigenvalue weighted by atomic mass is 10.2. The number of carbonyl (C=O) groups is 1. The highest BCUT2D eigenvalue weighted by Crippen LogP contribution is 2.23. The fraction of sp³-hybridized carbons (Fsp3) is 0.182. The molecule has 0 saturated carbocycles. The minimum atomic E-state index is -0.923. The third-order valence-electron chi connectivity index (χ3n) is 2.47. The fourth-order valence-electron chi connectivity index (χ4n) is 1.64. The highest BCUT2D eigenvalue weighted by atomic mass is 16.5. The molecule has 0 aliphatic rings. The van der Waals surface area contributed by atoms with Gasteiger partial charge in [0.1, 0.15) is 11.4 Å². The number of aromatic carboxylic acids is 1. The zero-order chi connectivity index (χ0) is 11.0. The number of rotatable bonds is 2. The van der Waals surface area contributed by atoms with Crippen LogP contribution in [0.5, 0.6) is 5.75 Å². The van der Waals surface area contributed by atoms with Gasteiger partial charge >= 0.3 is 5.97 Å². The second-order valence-corrected chi connectivity index (χ2v) is 3.32. The summed E-state index contributed by atoms with van der Waals surface area (Å²) < 4.78 is 6.73. The molecule has 0 atom stereocenters. The van der Waals surface area contributed by atoms with Crippen LogP contribution in [-0.4, -0.2) is 22.8 Å². The van der Waals surface area contributed by atoms with E-state index >= 15 is 0 Å². The maximum atomic E-state index is 10.9. The molecular formula is C11H11NO3. The van der Waals surface area contributed by atoms with E-state index < -0.39 is 5.97 Å². The number of methoxy groups -OCH3 is 1. The zero-order valence-corrected chi connectivity index (χ0v) is 8.52. The Labute approximate surface area is 86.7 Å². The van der Waals surface area contributed by atoms with Crippen LogP contribution >= 0.6 is 0 Å². The minimum absolute atomic E-state index is 0.276. The van der Waals surface area contributed by atoms with Crippen LogP contribution < -0.4 is 4.74 Å². The van der Waals surface area contributed by atoms with Crippen LogP contribution in [0, 0.1) is 0 Å². The molecule has 4 heteroatoms. The van der Waals surface area contributed by atoms with E-state index in [4.69, 9.17) is 9.84 Å². The van der Waals surface area contributed by atoms with Gasteiger partial charge in [0.2, 0.25) is 0 Å². The second-order valence-electron chi connectivity index (χ2n) is 3.32. The topological polar surface area (TPSA) is 51.5 Å². The Morgan fingerprint density at radius 3 is 2.73 bits per heavy atom. The number of nitrogens with zero attached hydrogens (tertiary/aromatic N) is 1. The third kappa shape index (κ3) is 1.44. The van der Waals surface area contributed by atoms with E-state index in [2.05, 4.69) is 0 Å². The summed E-state index contributed by atoms with van der Waals surface area (Å²) in [6.45, 7) is 0. The van der Waals surface area contributed by atoms with Gasteiger partial charge in [0.05, 0.1) is 12.6 Å². The van der Waals surface area contributed by atoms with Gasteiger partial charge in [-0.25, -0.2) is 4.79 Å². The molecule has 0 amide bonds. The number of hydrogen-bond donors (Lipinski definition) is 1. The van der Waals surface area contributed by atoms with E-state index in [9.17, 15) is 4.79 Å². The van der Waals surface area contributed by atoms with Gasteiger partial charge in [0.25, 0.3) is 0 Å². The van der Waals surface area contributed by atoms with Crippen LogP contribution in [0.25, 0.3) is 10.9 Å². The average Bonchev–Trinajstić information content (AvgIpc) is 2.56. The molecule has 1 heterocycles. The SMILES string of the molecule is COc1ccc2cc(C(=O)O)n(C)c2c1. The van der Waals surface area contributed by atoms with Crippen LogP contribution in [0.3, 0.4) is 0 Å². The van der Waals surface area contributed by atoms with Gasteiger partial charge in [0.15, 0.2) is 0 Å². The van der Waals surface area contributed by atoms with Crippen LogP contribution in [-0.2, 0) is 7.05 Å². The van der Waals surface area contributed by atoms with E-state index in [0.717, 1.165) is 16.7 Å². The van der Waals surface area contributed by atoms with Gasteiger partial charge in [-0.15, -0.1) is 0 Å². The molecule has 1 N–H and O–H groups in total. The molecule has 15 heavy (non-hydrogen) atoms. The largest absolute Gasteiger partial charge is 0.497 e. The van der Waals surface area contributed by atoms with Gasteiger partial charge in [0, 0.05) is 18.5 Å². The second kappa shape index (κ2) is 3.31. The number of carboxylic acids is 1. The van der Waals surface area contributed by atoms with Gasteiger partial charge < -0.3 is 14.4 Å². The number of aryl methyl sites for hydroxylation is 1. The Kier molecular flexibility index (Phi) is 2.11. The van der Waals surface area contributed by atoms with Crippen molar-refractivity contribution in [1.29, 1.82) is 0 Å². The Morgan fingerprint density at radius 1 is 1.40 bits per heavy atom. The van der Waals surface area contributed by atoms with Gasteiger partial charge in [-0.2, -0.15) is 0 Å². The summed E-state index contributed by atoms with van der Waals surface area (Å²) in [6.07, 6.45) is 0. The maximum absolute atomic E-state index is 10.9. The molecule has 0 saturated heterocycles. The molecule has 0 bridgehead atoms. The Morgan fingerprint density at radius 2 is 2.13 bits per heavy atom. The normalized spacial score (nSPS) is 10.5. The van der Waals surface area contributed by atoms with Crippen molar-refractivity contribution in [2.24, 2.45) is 7.05 Å². The number of hydrogen-bond acceptors (Lipinski definition) is 2. The number of benzene rings is 1. The molecule has 0 aliphatic heterocycles. The molecule has 0 spiro atoms. The first-order valence-electron chi connectivity index (χ1n) is 4.50. The molecule has 78 valence electrons. The first-order chi connectivity index (χ1) is 7.13. The van der Waals surface area contributed by atoms with Crippen LogP contribution in [0.1, 0.15) is 10.5 Å². The average molecular weight is 205 g/mol. The molecule has 4 nitrogen and oxygen atoms in total. The highest BCUT2D eigenvalue weighted by molar-refractivity contribution is 5.94. The summed E-state index contributed by atoms with van der Waals surface area (Å²) >= 11 is 0. The summed E-state index contributed by atoms with van der Waals surface area (Å²) in [6, 6.07) is 7.13. The van der Waals surface area contributed by atoms with Gasteiger partial charge in [-0.05, 0) is 18.2 Å². The number of fused-ring (bicyclic) bond motifs is 1. The monoisotopic (exact) mass is 205 g/mol. The van der Waals surface area contributed by atoms with E-state index in [0.29, 0.717) is 0 Å². The molecule has 0 unspecified atom stereocenters. The van der Waals surface area contributed by atoms with E-state index in [1.165, 1.54) is 0 Å². The van der Waals surface area contributed by atoms with Crippen LogP contribution in [0.15, 0.2) is 24.3 Å². The molecule has 0 aliphatic carbocycles. The first kappa shape index (κ1) is 9.58. The Hall–Kier alpha value is -1.97. The lowest BCUT2D eigenvalue weighted by Gasteiger charge is -2.01. The summed E-state index contributed by atoms with van der Waals surface area (Å²) in [7, 11) is 3.31. The number of aromatic nitrogens is 1. The molecule has 1 aromatic carbocycles. The highest BCUT2D eigenvalue weighted by Gasteiger charge is 2.11. The van der Waals surface area contributed by atoms with Crippen molar-refractivity contribution in [2.45, 2.75) is 0 Å². The smallest absolute Gasteiger partial charge is 0.352 e. The maximum Gasteiger partial charge on any atom is 0.352 e. The quantitative estimate of drug-likeness (QED) is 0.814. The first-order valence-corrected chi connectivity index (χ1v) is 4.50. The van der Waals surface area contributed by atoms with Crippen molar-refractivity contribution in [3.05, 3.63) is 30.0 Å². The molecule has 0 radical (unpaired) electrons. The van der Waals surface area contributed by atoms with E-state index in [1.807, 2.05) is 18.2 Å². The fourth-order valence-corrected chi connectivity index (χ4v) is 1.64.